The Labute approximate surface area is 118 Å². The molecule has 0 N–H and O–H groups in total. The van der Waals surface area contributed by atoms with E-state index in [2.05, 4.69) is 17.8 Å². The number of hydrogen-bond acceptors (Lipinski definition) is 2. The third kappa shape index (κ3) is 6.20. The first-order chi connectivity index (χ1) is 8.94. The van der Waals surface area contributed by atoms with Gasteiger partial charge >= 0.3 is 0 Å². The maximum absolute atomic E-state index is 12.6. The van der Waals surface area contributed by atoms with E-state index in [4.69, 9.17) is 0 Å². The molecule has 1 fully saturated rings. The molecule has 0 amide bonds. The van der Waals surface area contributed by atoms with Crippen LogP contribution in [0.4, 0.5) is 0 Å². The van der Waals surface area contributed by atoms with Gasteiger partial charge in [-0.2, -0.15) is 0 Å². The minimum absolute atomic E-state index is 0.149. The van der Waals surface area contributed by atoms with E-state index in [9.17, 15) is 4.79 Å². The number of carbonyl (C=O) groups excluding carboxylic acids is 1. The molecule has 108 valence electrons. The largest absolute Gasteiger partial charge is 0.293 e. The first-order valence-electron chi connectivity index (χ1n) is 7.82. The summed E-state index contributed by atoms with van der Waals surface area (Å²) in [6, 6.07) is 0. The van der Waals surface area contributed by atoms with E-state index in [1.54, 1.807) is 0 Å². The zero-order chi connectivity index (χ0) is 14.3. The number of nitrogens with zero attached hydrogens (tertiary/aromatic N) is 1. The van der Waals surface area contributed by atoms with Crippen molar-refractivity contribution in [3.63, 3.8) is 0 Å². The zero-order valence-corrected chi connectivity index (χ0v) is 13.1. The maximum atomic E-state index is 12.6. The van der Waals surface area contributed by atoms with Crippen LogP contribution in [0, 0.1) is 5.92 Å². The summed E-state index contributed by atoms with van der Waals surface area (Å²) in [4.78, 5) is 17.0. The quantitative estimate of drug-likeness (QED) is 0.521. The van der Waals surface area contributed by atoms with Gasteiger partial charge in [-0.15, -0.1) is 0 Å². The number of Topliss-reactive ketones (excluding diaryl/α,β-unsaturated/α-hetero) is 1. The van der Waals surface area contributed by atoms with E-state index in [-0.39, 0.29) is 11.5 Å². The van der Waals surface area contributed by atoms with E-state index in [1.807, 2.05) is 20.8 Å². The van der Waals surface area contributed by atoms with Gasteiger partial charge in [-0.05, 0) is 52.3 Å². The molecule has 0 aromatic rings. The maximum Gasteiger partial charge on any atom is 0.171 e. The summed E-state index contributed by atoms with van der Waals surface area (Å²) in [5.74, 6) is 3.64. The van der Waals surface area contributed by atoms with Crippen LogP contribution < -0.4 is 0 Å². The highest BCUT2D eigenvalue weighted by Gasteiger charge is 2.24. The lowest BCUT2D eigenvalue weighted by Gasteiger charge is -2.20. The molecule has 0 saturated heterocycles. The number of allylic oxidation sites excluding steroid dienone is 1. The Bertz CT molecular complexity index is 350. The SMILES string of the molecule is CCCCC(=C=NC(C)(C)C)C(=O)C1CCCCC1. The Morgan fingerprint density at radius 1 is 1.21 bits per heavy atom. The highest BCUT2D eigenvalue weighted by molar-refractivity contribution is 6.04. The highest BCUT2D eigenvalue weighted by Crippen LogP contribution is 2.27. The molecule has 1 saturated carbocycles. The lowest BCUT2D eigenvalue weighted by atomic mass is 9.83. The van der Waals surface area contributed by atoms with E-state index in [0.29, 0.717) is 5.78 Å². The van der Waals surface area contributed by atoms with Crippen LogP contribution in [0.25, 0.3) is 0 Å². The van der Waals surface area contributed by atoms with Crippen molar-refractivity contribution in [2.24, 2.45) is 10.9 Å². The van der Waals surface area contributed by atoms with Crippen LogP contribution in [0.2, 0.25) is 0 Å². The molecule has 1 aliphatic carbocycles. The van der Waals surface area contributed by atoms with Crippen LogP contribution in [-0.2, 0) is 4.79 Å². The third-order valence-electron chi connectivity index (χ3n) is 3.58. The number of hydrogen-bond donors (Lipinski definition) is 0. The molecule has 19 heavy (non-hydrogen) atoms. The van der Waals surface area contributed by atoms with E-state index in [1.165, 1.54) is 19.3 Å². The molecule has 0 atom stereocenters. The molecule has 2 nitrogen and oxygen atoms in total. The first-order valence-corrected chi connectivity index (χ1v) is 7.82. The number of rotatable bonds is 5. The van der Waals surface area contributed by atoms with E-state index in [0.717, 1.165) is 37.7 Å². The standard InChI is InChI=1S/C17H29NO/c1-5-6-10-15(13-18-17(2,3)4)16(19)14-11-8-7-9-12-14/h14H,5-12H2,1-4H3. The lowest BCUT2D eigenvalue weighted by Crippen LogP contribution is -2.20. The number of unbranched alkanes of at least 4 members (excludes halogenated alkanes) is 1. The molecule has 0 aliphatic heterocycles. The molecule has 0 unspecified atom stereocenters. The minimum Gasteiger partial charge on any atom is -0.293 e. The summed E-state index contributed by atoms with van der Waals surface area (Å²) in [5, 5.41) is 0. The van der Waals surface area contributed by atoms with Crippen molar-refractivity contribution in [2.45, 2.75) is 84.6 Å². The number of aliphatic imine (C=N–C) groups is 1. The van der Waals surface area contributed by atoms with Gasteiger partial charge in [0.05, 0.1) is 11.1 Å². The normalized spacial score (nSPS) is 16.8. The van der Waals surface area contributed by atoms with Crippen LogP contribution in [-0.4, -0.2) is 17.2 Å². The van der Waals surface area contributed by atoms with Crippen molar-refractivity contribution in [3.8, 4) is 0 Å². The van der Waals surface area contributed by atoms with Gasteiger partial charge in [0, 0.05) is 5.92 Å². The number of ketones is 1. The average molecular weight is 263 g/mol. The fourth-order valence-corrected chi connectivity index (χ4v) is 2.43. The smallest absolute Gasteiger partial charge is 0.171 e. The second-order valence-electron chi connectivity index (χ2n) is 6.68. The van der Waals surface area contributed by atoms with Crippen molar-refractivity contribution in [2.75, 3.05) is 0 Å². The Morgan fingerprint density at radius 3 is 2.37 bits per heavy atom. The van der Waals surface area contributed by atoms with Crippen LogP contribution in [0.15, 0.2) is 10.6 Å². The fourth-order valence-electron chi connectivity index (χ4n) is 2.43. The van der Waals surface area contributed by atoms with E-state index < -0.39 is 0 Å². The summed E-state index contributed by atoms with van der Waals surface area (Å²) in [6.07, 6.45) is 8.82. The second-order valence-corrected chi connectivity index (χ2v) is 6.68. The monoisotopic (exact) mass is 263 g/mol. The predicted octanol–water partition coefficient (Wildman–Crippen LogP) is 4.72. The van der Waals surface area contributed by atoms with Gasteiger partial charge in [-0.1, -0.05) is 32.6 Å². The molecule has 0 spiro atoms. The summed E-state index contributed by atoms with van der Waals surface area (Å²) >= 11 is 0. The molecular weight excluding hydrogens is 234 g/mol. The molecule has 0 radical (unpaired) electrons. The van der Waals surface area contributed by atoms with Gasteiger partial charge in [0.15, 0.2) is 5.78 Å². The first kappa shape index (κ1) is 16.2. The van der Waals surface area contributed by atoms with Crippen molar-refractivity contribution in [1.29, 1.82) is 0 Å². The second kappa shape index (κ2) is 7.65. The van der Waals surface area contributed by atoms with Crippen molar-refractivity contribution >= 4 is 11.7 Å². The zero-order valence-electron chi connectivity index (χ0n) is 13.1. The molecule has 0 aromatic heterocycles. The molecule has 1 aliphatic rings. The Balaban J connectivity index is 2.83. The molecule has 2 heteroatoms. The molecule has 0 heterocycles. The Kier molecular flexibility index (Phi) is 6.51. The number of carbonyl (C=O) groups is 1. The summed E-state index contributed by atoms with van der Waals surface area (Å²) in [7, 11) is 0. The highest BCUT2D eigenvalue weighted by atomic mass is 16.1. The molecule has 1 rings (SSSR count). The van der Waals surface area contributed by atoms with Gasteiger partial charge in [0.2, 0.25) is 0 Å². The topological polar surface area (TPSA) is 29.4 Å². The lowest BCUT2D eigenvalue weighted by molar-refractivity contribution is -0.120. The summed E-state index contributed by atoms with van der Waals surface area (Å²) < 4.78 is 0. The van der Waals surface area contributed by atoms with Crippen LogP contribution in [0.1, 0.15) is 79.1 Å². The summed E-state index contributed by atoms with van der Waals surface area (Å²) in [6.45, 7) is 8.29. The molecule has 0 bridgehead atoms. The Morgan fingerprint density at radius 2 is 1.84 bits per heavy atom. The van der Waals surface area contributed by atoms with Crippen molar-refractivity contribution in [3.05, 3.63) is 5.57 Å². The minimum atomic E-state index is -0.149. The summed E-state index contributed by atoms with van der Waals surface area (Å²) in [5.41, 5.74) is 0.688. The predicted molar refractivity (Wildman–Crippen MR) is 81.8 cm³/mol. The Hall–Kier alpha value is -0.880. The van der Waals surface area contributed by atoms with Crippen molar-refractivity contribution < 1.29 is 4.79 Å². The molecule has 0 aromatic carbocycles. The van der Waals surface area contributed by atoms with Gasteiger partial charge in [0.25, 0.3) is 0 Å². The van der Waals surface area contributed by atoms with Gasteiger partial charge in [-0.25, -0.2) is 4.99 Å². The van der Waals surface area contributed by atoms with Crippen LogP contribution in [0.5, 0.6) is 0 Å². The van der Waals surface area contributed by atoms with Crippen molar-refractivity contribution in [1.82, 2.24) is 0 Å². The van der Waals surface area contributed by atoms with Gasteiger partial charge in [0.1, 0.15) is 0 Å². The van der Waals surface area contributed by atoms with Crippen LogP contribution in [0.3, 0.4) is 0 Å². The third-order valence-corrected chi connectivity index (χ3v) is 3.58. The van der Waals surface area contributed by atoms with Gasteiger partial charge in [-0.3, -0.25) is 4.79 Å². The van der Waals surface area contributed by atoms with Gasteiger partial charge < -0.3 is 0 Å². The average Bonchev–Trinajstić information content (AvgIpc) is 2.38. The fraction of sp³-hybridized carbons (Fsp3) is 0.824. The van der Waals surface area contributed by atoms with Crippen LogP contribution >= 0.6 is 0 Å². The molecular formula is C17H29NO. The van der Waals surface area contributed by atoms with E-state index >= 15 is 0 Å².